The number of carbonyl (C=O) groups excluding carboxylic acids is 1. The van der Waals surface area contributed by atoms with Crippen LogP contribution in [0.2, 0.25) is 0 Å². The molecule has 0 radical (unpaired) electrons. The summed E-state index contributed by atoms with van der Waals surface area (Å²) in [6.07, 6.45) is 1.34. The summed E-state index contributed by atoms with van der Waals surface area (Å²) < 4.78 is 12.5. The highest BCUT2D eigenvalue weighted by Crippen LogP contribution is 2.24. The summed E-state index contributed by atoms with van der Waals surface area (Å²) in [5.74, 6) is 1.00. The van der Waals surface area contributed by atoms with Gasteiger partial charge in [0.15, 0.2) is 0 Å². The molecule has 0 aliphatic carbocycles. The number of aromatic nitrogens is 2. The van der Waals surface area contributed by atoms with Crippen LogP contribution in [0.5, 0.6) is 5.75 Å². The second kappa shape index (κ2) is 8.16. The third kappa shape index (κ3) is 4.20. The van der Waals surface area contributed by atoms with E-state index < -0.39 is 0 Å². The molecule has 0 saturated carbocycles. The number of fused-ring (bicyclic) bond motifs is 1. The molecular formula is C19H25N3O3. The maximum absolute atomic E-state index is 12.3. The molecule has 0 fully saturated rings. The van der Waals surface area contributed by atoms with Gasteiger partial charge in [0.2, 0.25) is 5.91 Å². The third-order valence-electron chi connectivity index (χ3n) is 4.35. The lowest BCUT2D eigenvalue weighted by atomic mass is 10.1. The Morgan fingerprint density at radius 2 is 2.04 bits per heavy atom. The highest BCUT2D eigenvalue weighted by Gasteiger charge is 2.20. The zero-order valence-corrected chi connectivity index (χ0v) is 14.9. The minimum absolute atomic E-state index is 0.138. The Hall–Kier alpha value is -2.34. The maximum atomic E-state index is 12.3. The minimum Gasteiger partial charge on any atom is -0.494 e. The van der Waals surface area contributed by atoms with Gasteiger partial charge in [0.05, 0.1) is 37.6 Å². The van der Waals surface area contributed by atoms with E-state index in [0.717, 1.165) is 42.2 Å². The number of hydrogen-bond donors (Lipinski definition) is 0. The van der Waals surface area contributed by atoms with Crippen molar-refractivity contribution in [3.05, 3.63) is 36.0 Å². The molecule has 0 unspecified atom stereocenters. The van der Waals surface area contributed by atoms with Crippen LogP contribution < -0.4 is 4.74 Å². The summed E-state index contributed by atoms with van der Waals surface area (Å²) in [7, 11) is 1.62. The Balaban J connectivity index is 1.75. The fourth-order valence-electron chi connectivity index (χ4n) is 3.05. The Bertz CT molecular complexity index is 709. The van der Waals surface area contributed by atoms with Crippen molar-refractivity contribution in [1.29, 1.82) is 0 Å². The first-order chi connectivity index (χ1) is 12.2. The van der Waals surface area contributed by atoms with Crippen molar-refractivity contribution in [2.45, 2.75) is 32.9 Å². The molecular weight excluding hydrogens is 318 g/mol. The van der Waals surface area contributed by atoms with E-state index in [-0.39, 0.29) is 5.91 Å². The van der Waals surface area contributed by atoms with E-state index in [1.807, 2.05) is 40.8 Å². The first-order valence-corrected chi connectivity index (χ1v) is 8.78. The molecule has 0 N–H and O–H groups in total. The van der Waals surface area contributed by atoms with Gasteiger partial charge in [-0.15, -0.1) is 0 Å². The first kappa shape index (κ1) is 17.5. The van der Waals surface area contributed by atoms with Crippen molar-refractivity contribution in [2.24, 2.45) is 0 Å². The molecule has 6 heteroatoms. The van der Waals surface area contributed by atoms with Crippen molar-refractivity contribution in [3.8, 4) is 17.0 Å². The van der Waals surface area contributed by atoms with Crippen LogP contribution in [-0.2, 0) is 22.6 Å². The van der Waals surface area contributed by atoms with Gasteiger partial charge in [-0.05, 0) is 43.7 Å². The second-order valence-electron chi connectivity index (χ2n) is 6.11. The molecule has 3 rings (SSSR count). The molecule has 1 aromatic carbocycles. The minimum atomic E-state index is 0.138. The zero-order valence-electron chi connectivity index (χ0n) is 14.9. The molecule has 0 atom stereocenters. The summed E-state index contributed by atoms with van der Waals surface area (Å²) in [5.41, 5.74) is 3.07. The summed E-state index contributed by atoms with van der Waals surface area (Å²) in [5, 5.41) is 4.73. The molecule has 134 valence electrons. The van der Waals surface area contributed by atoms with Crippen molar-refractivity contribution in [1.82, 2.24) is 14.7 Å². The topological polar surface area (TPSA) is 56.6 Å². The smallest absolute Gasteiger partial charge is 0.225 e. The van der Waals surface area contributed by atoms with Gasteiger partial charge >= 0.3 is 0 Å². The van der Waals surface area contributed by atoms with Gasteiger partial charge in [-0.25, -0.2) is 0 Å². The van der Waals surface area contributed by atoms with Gasteiger partial charge in [-0.1, -0.05) is 0 Å². The third-order valence-corrected chi connectivity index (χ3v) is 4.35. The van der Waals surface area contributed by atoms with Gasteiger partial charge in [0.25, 0.3) is 0 Å². The van der Waals surface area contributed by atoms with Crippen LogP contribution in [0.1, 0.15) is 25.5 Å². The van der Waals surface area contributed by atoms with Gasteiger partial charge < -0.3 is 14.4 Å². The average molecular weight is 343 g/mol. The first-order valence-electron chi connectivity index (χ1n) is 8.78. The molecule has 1 amide bonds. The summed E-state index contributed by atoms with van der Waals surface area (Å²) >= 11 is 0. The van der Waals surface area contributed by atoms with E-state index in [1.54, 1.807) is 7.11 Å². The molecule has 2 aromatic rings. The van der Waals surface area contributed by atoms with E-state index >= 15 is 0 Å². The van der Waals surface area contributed by atoms with E-state index in [0.29, 0.717) is 26.2 Å². The van der Waals surface area contributed by atoms with E-state index in [9.17, 15) is 4.79 Å². The summed E-state index contributed by atoms with van der Waals surface area (Å²) in [4.78, 5) is 14.2. The highest BCUT2D eigenvalue weighted by molar-refractivity contribution is 5.76. The Kier molecular flexibility index (Phi) is 5.71. The number of ether oxygens (including phenoxy) is 2. The quantitative estimate of drug-likeness (QED) is 0.809. The molecule has 0 bridgehead atoms. The lowest BCUT2D eigenvalue weighted by Gasteiger charge is -2.19. The number of nitrogens with zero attached hydrogens (tertiary/aromatic N) is 3. The molecule has 25 heavy (non-hydrogen) atoms. The number of methoxy groups -OCH3 is 1. The van der Waals surface area contributed by atoms with Crippen molar-refractivity contribution in [2.75, 3.05) is 26.9 Å². The van der Waals surface area contributed by atoms with Crippen LogP contribution in [0.25, 0.3) is 11.3 Å². The highest BCUT2D eigenvalue weighted by atomic mass is 16.5. The van der Waals surface area contributed by atoms with Gasteiger partial charge in [-0.3, -0.25) is 9.48 Å². The Morgan fingerprint density at radius 1 is 1.24 bits per heavy atom. The Labute approximate surface area is 148 Å². The largest absolute Gasteiger partial charge is 0.494 e. The molecule has 2 heterocycles. The average Bonchev–Trinajstić information content (AvgIpc) is 2.92. The summed E-state index contributed by atoms with van der Waals surface area (Å²) in [6.45, 7) is 5.30. The molecule has 6 nitrogen and oxygen atoms in total. The molecule has 0 saturated heterocycles. The number of hydrogen-bond acceptors (Lipinski definition) is 4. The number of carbonyl (C=O) groups is 1. The van der Waals surface area contributed by atoms with Gasteiger partial charge in [-0.2, -0.15) is 5.10 Å². The van der Waals surface area contributed by atoms with Gasteiger partial charge in [0.1, 0.15) is 5.75 Å². The predicted octanol–water partition coefficient (Wildman–Crippen LogP) is 2.72. The normalized spacial score (nSPS) is 14.1. The predicted molar refractivity (Wildman–Crippen MR) is 95.4 cm³/mol. The van der Waals surface area contributed by atoms with Crippen molar-refractivity contribution >= 4 is 5.91 Å². The molecule has 1 aliphatic heterocycles. The number of rotatable bonds is 6. The van der Waals surface area contributed by atoms with Crippen LogP contribution in [0.15, 0.2) is 30.3 Å². The van der Waals surface area contributed by atoms with Crippen molar-refractivity contribution in [3.63, 3.8) is 0 Å². The van der Waals surface area contributed by atoms with Crippen LogP contribution >= 0.6 is 0 Å². The van der Waals surface area contributed by atoms with Gasteiger partial charge in [0, 0.05) is 25.8 Å². The summed E-state index contributed by atoms with van der Waals surface area (Å²) in [6, 6.07) is 10.1. The monoisotopic (exact) mass is 343 g/mol. The van der Waals surface area contributed by atoms with E-state index in [2.05, 4.69) is 6.07 Å². The fraction of sp³-hybridized carbons (Fsp3) is 0.474. The Morgan fingerprint density at radius 3 is 2.76 bits per heavy atom. The maximum Gasteiger partial charge on any atom is 0.225 e. The lowest BCUT2D eigenvalue weighted by molar-refractivity contribution is -0.132. The second-order valence-corrected chi connectivity index (χ2v) is 6.11. The van der Waals surface area contributed by atoms with E-state index in [4.69, 9.17) is 14.6 Å². The number of aryl methyl sites for hydroxylation is 1. The van der Waals surface area contributed by atoms with Crippen LogP contribution in [0, 0.1) is 0 Å². The lowest BCUT2D eigenvalue weighted by Crippen LogP contribution is -2.31. The van der Waals surface area contributed by atoms with Crippen molar-refractivity contribution < 1.29 is 14.3 Å². The van der Waals surface area contributed by atoms with Crippen LogP contribution in [0.3, 0.4) is 0 Å². The van der Waals surface area contributed by atoms with Crippen LogP contribution in [0.4, 0.5) is 0 Å². The standard InChI is InChI=1S/C19H25N3O3/c1-3-25-17-7-5-15(6-8-17)18-13-16-14-21(19(23)9-12-24-2)10-4-11-22(16)20-18/h5-8,13H,3-4,9-12,14H2,1-2H3. The van der Waals surface area contributed by atoms with E-state index in [1.165, 1.54) is 0 Å². The molecule has 1 aromatic heterocycles. The fourth-order valence-corrected chi connectivity index (χ4v) is 3.05. The number of benzene rings is 1. The number of amides is 1. The van der Waals surface area contributed by atoms with Crippen LogP contribution in [-0.4, -0.2) is 47.5 Å². The molecule has 1 aliphatic rings. The molecule has 0 spiro atoms. The zero-order chi connectivity index (χ0) is 17.6. The SMILES string of the molecule is CCOc1ccc(-c2cc3n(n2)CCCN(C(=O)CCOC)C3)cc1.